The number of fused-ring (bicyclic) bond motifs is 1. The van der Waals surface area contributed by atoms with Crippen LogP contribution in [0.5, 0.6) is 5.75 Å². The van der Waals surface area contributed by atoms with Gasteiger partial charge in [0.15, 0.2) is 0 Å². The van der Waals surface area contributed by atoms with E-state index in [-0.39, 0.29) is 6.04 Å². The fourth-order valence-electron chi connectivity index (χ4n) is 3.15. The Morgan fingerprint density at radius 1 is 1.38 bits per heavy atom. The van der Waals surface area contributed by atoms with E-state index in [0.717, 1.165) is 42.9 Å². The monoisotopic (exact) mass is 285 g/mol. The van der Waals surface area contributed by atoms with Crippen molar-refractivity contribution in [2.24, 2.45) is 12.8 Å². The first kappa shape index (κ1) is 14.1. The van der Waals surface area contributed by atoms with E-state index >= 15 is 0 Å². The molecule has 2 N–H and O–H groups in total. The molecule has 2 aromatic rings. The number of aryl methyl sites for hydroxylation is 3. The Morgan fingerprint density at radius 2 is 2.19 bits per heavy atom. The number of nitrogens with two attached hydrogens (primary N) is 1. The molecule has 3 rings (SSSR count). The minimum atomic E-state index is -0.0559. The minimum Gasteiger partial charge on any atom is -0.493 e. The van der Waals surface area contributed by atoms with Gasteiger partial charge in [-0.2, -0.15) is 5.10 Å². The van der Waals surface area contributed by atoms with Crippen molar-refractivity contribution in [3.8, 4) is 5.75 Å². The van der Waals surface area contributed by atoms with Gasteiger partial charge in [-0.1, -0.05) is 18.2 Å². The van der Waals surface area contributed by atoms with E-state index in [1.165, 1.54) is 16.8 Å². The Bertz CT molecular complexity index is 660. The summed E-state index contributed by atoms with van der Waals surface area (Å²) in [6, 6.07) is 6.27. The summed E-state index contributed by atoms with van der Waals surface area (Å²) >= 11 is 0. The van der Waals surface area contributed by atoms with E-state index < -0.39 is 0 Å². The molecule has 0 spiro atoms. The molecule has 1 atom stereocenters. The molecule has 0 amide bonds. The Kier molecular flexibility index (Phi) is 3.72. The highest BCUT2D eigenvalue weighted by molar-refractivity contribution is 5.45. The van der Waals surface area contributed by atoms with Crippen molar-refractivity contribution in [2.75, 3.05) is 6.61 Å². The van der Waals surface area contributed by atoms with Gasteiger partial charge in [0.2, 0.25) is 0 Å². The first-order valence-electron chi connectivity index (χ1n) is 7.57. The SMILES string of the molecule is Cc1nn(C)c(C)c1CC(N)c1cccc2c1OCCC2. The highest BCUT2D eigenvalue weighted by Gasteiger charge is 2.21. The molecular formula is C17H23N3O. The first-order valence-corrected chi connectivity index (χ1v) is 7.57. The molecular weight excluding hydrogens is 262 g/mol. The van der Waals surface area contributed by atoms with Crippen molar-refractivity contribution in [1.82, 2.24) is 9.78 Å². The van der Waals surface area contributed by atoms with Crippen LogP contribution >= 0.6 is 0 Å². The van der Waals surface area contributed by atoms with Crippen LogP contribution in [0.4, 0.5) is 0 Å². The lowest BCUT2D eigenvalue weighted by Gasteiger charge is -2.23. The molecule has 112 valence electrons. The summed E-state index contributed by atoms with van der Waals surface area (Å²) in [5.41, 5.74) is 12.4. The lowest BCUT2D eigenvalue weighted by Crippen LogP contribution is -2.18. The maximum Gasteiger partial charge on any atom is 0.127 e. The zero-order chi connectivity index (χ0) is 15.0. The standard InChI is InChI=1S/C17H23N3O/c1-11-15(12(2)20(3)19-11)10-16(18)14-8-4-6-13-7-5-9-21-17(13)14/h4,6,8,16H,5,7,9-10,18H2,1-3H3. The van der Waals surface area contributed by atoms with Crippen molar-refractivity contribution in [1.29, 1.82) is 0 Å². The van der Waals surface area contributed by atoms with Gasteiger partial charge in [-0.05, 0) is 44.2 Å². The van der Waals surface area contributed by atoms with Crippen LogP contribution in [0.1, 0.15) is 40.5 Å². The maximum absolute atomic E-state index is 6.48. The molecule has 0 radical (unpaired) electrons. The van der Waals surface area contributed by atoms with Gasteiger partial charge in [0, 0.05) is 24.3 Å². The molecule has 0 aliphatic carbocycles. The van der Waals surface area contributed by atoms with Gasteiger partial charge in [-0.25, -0.2) is 0 Å². The van der Waals surface area contributed by atoms with E-state index in [1.54, 1.807) is 0 Å². The third-order valence-electron chi connectivity index (χ3n) is 4.45. The lowest BCUT2D eigenvalue weighted by molar-refractivity contribution is 0.283. The van der Waals surface area contributed by atoms with Crippen LogP contribution < -0.4 is 10.5 Å². The number of aromatic nitrogens is 2. The van der Waals surface area contributed by atoms with E-state index in [9.17, 15) is 0 Å². The highest BCUT2D eigenvalue weighted by Crippen LogP contribution is 2.33. The Morgan fingerprint density at radius 3 is 2.90 bits per heavy atom. The smallest absolute Gasteiger partial charge is 0.127 e. The Balaban J connectivity index is 1.91. The molecule has 0 bridgehead atoms. The van der Waals surface area contributed by atoms with Gasteiger partial charge in [-0.15, -0.1) is 0 Å². The largest absolute Gasteiger partial charge is 0.493 e. The molecule has 21 heavy (non-hydrogen) atoms. The fraction of sp³-hybridized carbons (Fsp3) is 0.471. The van der Waals surface area contributed by atoms with Crippen LogP contribution in [0.15, 0.2) is 18.2 Å². The number of hydrogen-bond donors (Lipinski definition) is 1. The predicted molar refractivity (Wildman–Crippen MR) is 83.6 cm³/mol. The summed E-state index contributed by atoms with van der Waals surface area (Å²) in [5, 5.41) is 4.47. The molecule has 1 unspecified atom stereocenters. The highest BCUT2D eigenvalue weighted by atomic mass is 16.5. The second kappa shape index (κ2) is 5.53. The normalized spacial score (nSPS) is 15.4. The number of nitrogens with zero attached hydrogens (tertiary/aromatic N) is 2. The summed E-state index contributed by atoms with van der Waals surface area (Å²) < 4.78 is 7.80. The van der Waals surface area contributed by atoms with E-state index in [1.807, 2.05) is 18.7 Å². The number of benzene rings is 1. The Hall–Kier alpha value is -1.81. The zero-order valence-electron chi connectivity index (χ0n) is 13.0. The average Bonchev–Trinajstić information content (AvgIpc) is 2.73. The number of para-hydroxylation sites is 1. The van der Waals surface area contributed by atoms with Crippen molar-refractivity contribution >= 4 is 0 Å². The van der Waals surface area contributed by atoms with Crippen LogP contribution in [0.25, 0.3) is 0 Å². The van der Waals surface area contributed by atoms with Gasteiger partial charge >= 0.3 is 0 Å². The molecule has 2 heterocycles. The van der Waals surface area contributed by atoms with Crippen LogP contribution in [-0.4, -0.2) is 16.4 Å². The molecule has 0 saturated carbocycles. The zero-order valence-corrected chi connectivity index (χ0v) is 13.0. The van der Waals surface area contributed by atoms with Crippen LogP contribution in [0.2, 0.25) is 0 Å². The molecule has 0 fully saturated rings. The lowest BCUT2D eigenvalue weighted by atomic mass is 9.94. The van der Waals surface area contributed by atoms with Crippen LogP contribution in [0, 0.1) is 13.8 Å². The van der Waals surface area contributed by atoms with Gasteiger partial charge in [0.05, 0.1) is 12.3 Å². The summed E-state index contributed by atoms with van der Waals surface area (Å²) in [5.74, 6) is 1.01. The third-order valence-corrected chi connectivity index (χ3v) is 4.45. The second-order valence-electron chi connectivity index (χ2n) is 5.87. The van der Waals surface area contributed by atoms with Gasteiger partial charge < -0.3 is 10.5 Å². The van der Waals surface area contributed by atoms with Crippen LogP contribution in [0.3, 0.4) is 0 Å². The van der Waals surface area contributed by atoms with Gasteiger partial charge in [0.25, 0.3) is 0 Å². The second-order valence-corrected chi connectivity index (χ2v) is 5.87. The summed E-state index contributed by atoms with van der Waals surface area (Å²) in [7, 11) is 1.98. The van der Waals surface area contributed by atoms with Crippen LogP contribution in [-0.2, 0) is 19.9 Å². The van der Waals surface area contributed by atoms with E-state index in [4.69, 9.17) is 10.5 Å². The molecule has 1 aromatic carbocycles. The topological polar surface area (TPSA) is 53.1 Å². The number of ether oxygens (including phenoxy) is 1. The summed E-state index contributed by atoms with van der Waals surface area (Å²) in [6.07, 6.45) is 2.97. The fourth-order valence-corrected chi connectivity index (χ4v) is 3.15. The van der Waals surface area contributed by atoms with Gasteiger partial charge in [0.1, 0.15) is 5.75 Å². The van der Waals surface area contributed by atoms with E-state index in [2.05, 4.69) is 30.2 Å². The molecule has 1 aliphatic rings. The quantitative estimate of drug-likeness (QED) is 0.943. The average molecular weight is 285 g/mol. The molecule has 4 heteroatoms. The first-order chi connectivity index (χ1) is 10.1. The van der Waals surface area contributed by atoms with Crippen molar-refractivity contribution in [3.05, 3.63) is 46.3 Å². The van der Waals surface area contributed by atoms with E-state index in [0.29, 0.717) is 0 Å². The molecule has 1 aliphatic heterocycles. The predicted octanol–water partition coefficient (Wildman–Crippen LogP) is 2.60. The maximum atomic E-state index is 6.48. The van der Waals surface area contributed by atoms with Crippen molar-refractivity contribution in [3.63, 3.8) is 0 Å². The summed E-state index contributed by atoms with van der Waals surface area (Å²) in [6.45, 7) is 4.94. The number of hydrogen-bond acceptors (Lipinski definition) is 3. The molecule has 1 aromatic heterocycles. The molecule has 4 nitrogen and oxygen atoms in total. The number of rotatable bonds is 3. The summed E-state index contributed by atoms with van der Waals surface area (Å²) in [4.78, 5) is 0. The van der Waals surface area contributed by atoms with Crippen molar-refractivity contribution in [2.45, 2.75) is 39.2 Å². The minimum absolute atomic E-state index is 0.0559. The molecule has 0 saturated heterocycles. The van der Waals surface area contributed by atoms with Gasteiger partial charge in [-0.3, -0.25) is 4.68 Å². The van der Waals surface area contributed by atoms with Crippen molar-refractivity contribution < 1.29 is 4.74 Å². The Labute approximate surface area is 125 Å². The third kappa shape index (κ3) is 2.56.